The lowest BCUT2D eigenvalue weighted by Gasteiger charge is -2.13. The van der Waals surface area contributed by atoms with E-state index in [2.05, 4.69) is 29.5 Å². The molecule has 0 aromatic heterocycles. The van der Waals surface area contributed by atoms with Crippen LogP contribution < -0.4 is 10.6 Å². The standard InChI is InChI=1S/C13H20FN3O/c1-9(2)7-16-13(15-3)17-8-10-4-5-12(18)11(14)6-10/h4-6,9,18H,7-8H2,1-3H3,(H2,15,16,17). The summed E-state index contributed by atoms with van der Waals surface area (Å²) in [7, 11) is 1.69. The smallest absolute Gasteiger partial charge is 0.191 e. The van der Waals surface area contributed by atoms with Gasteiger partial charge in [-0.1, -0.05) is 19.9 Å². The largest absolute Gasteiger partial charge is 0.505 e. The Morgan fingerprint density at radius 2 is 2.11 bits per heavy atom. The van der Waals surface area contributed by atoms with Crippen molar-refractivity contribution in [1.29, 1.82) is 0 Å². The number of phenolic OH excluding ortho intramolecular Hbond substituents is 1. The van der Waals surface area contributed by atoms with Crippen LogP contribution in [-0.2, 0) is 6.54 Å². The Hall–Kier alpha value is -1.78. The highest BCUT2D eigenvalue weighted by Crippen LogP contribution is 2.15. The fourth-order valence-electron chi connectivity index (χ4n) is 1.37. The average Bonchev–Trinajstić information content (AvgIpc) is 2.33. The van der Waals surface area contributed by atoms with Crippen molar-refractivity contribution >= 4 is 5.96 Å². The Balaban J connectivity index is 2.50. The molecule has 0 heterocycles. The maximum atomic E-state index is 13.1. The zero-order valence-electron chi connectivity index (χ0n) is 11.0. The third kappa shape index (κ3) is 4.61. The van der Waals surface area contributed by atoms with Crippen LogP contribution in [0, 0.1) is 11.7 Å². The molecule has 0 aliphatic heterocycles. The molecule has 5 heteroatoms. The predicted molar refractivity (Wildman–Crippen MR) is 71.1 cm³/mol. The fraction of sp³-hybridized carbons (Fsp3) is 0.462. The number of phenols is 1. The molecule has 0 saturated carbocycles. The van der Waals surface area contributed by atoms with Crippen LogP contribution in [0.4, 0.5) is 4.39 Å². The molecule has 0 spiro atoms. The van der Waals surface area contributed by atoms with E-state index in [4.69, 9.17) is 5.11 Å². The number of hydrogen-bond donors (Lipinski definition) is 3. The van der Waals surface area contributed by atoms with Gasteiger partial charge in [-0.2, -0.15) is 0 Å². The van der Waals surface area contributed by atoms with Gasteiger partial charge >= 0.3 is 0 Å². The van der Waals surface area contributed by atoms with E-state index in [1.807, 2.05) is 0 Å². The summed E-state index contributed by atoms with van der Waals surface area (Å²) in [5.41, 5.74) is 0.748. The van der Waals surface area contributed by atoms with Gasteiger partial charge < -0.3 is 15.7 Å². The number of guanidine groups is 1. The van der Waals surface area contributed by atoms with Crippen LogP contribution in [0.2, 0.25) is 0 Å². The zero-order valence-corrected chi connectivity index (χ0v) is 11.0. The molecule has 0 fully saturated rings. The van der Waals surface area contributed by atoms with E-state index in [0.717, 1.165) is 12.1 Å². The van der Waals surface area contributed by atoms with Crippen molar-refractivity contribution in [2.45, 2.75) is 20.4 Å². The lowest BCUT2D eigenvalue weighted by atomic mass is 10.2. The van der Waals surface area contributed by atoms with E-state index in [1.54, 1.807) is 13.1 Å². The second kappa shape index (κ2) is 6.83. The summed E-state index contributed by atoms with van der Waals surface area (Å²) in [5.74, 6) is 0.257. The lowest BCUT2D eigenvalue weighted by molar-refractivity contribution is 0.431. The molecule has 4 nitrogen and oxygen atoms in total. The van der Waals surface area contributed by atoms with Gasteiger partial charge in [-0.25, -0.2) is 4.39 Å². The molecular formula is C13H20FN3O. The second-order valence-electron chi connectivity index (χ2n) is 4.49. The summed E-state index contributed by atoms with van der Waals surface area (Å²) >= 11 is 0. The predicted octanol–water partition coefficient (Wildman–Crippen LogP) is 1.85. The van der Waals surface area contributed by atoms with E-state index < -0.39 is 5.82 Å². The van der Waals surface area contributed by atoms with Gasteiger partial charge in [0.25, 0.3) is 0 Å². The quantitative estimate of drug-likeness (QED) is 0.567. The highest BCUT2D eigenvalue weighted by atomic mass is 19.1. The van der Waals surface area contributed by atoms with Crippen molar-refractivity contribution in [3.63, 3.8) is 0 Å². The third-order valence-electron chi connectivity index (χ3n) is 2.37. The van der Waals surface area contributed by atoms with Gasteiger partial charge in [0, 0.05) is 20.1 Å². The first-order valence-corrected chi connectivity index (χ1v) is 5.95. The Labute approximate surface area is 107 Å². The molecule has 100 valence electrons. The van der Waals surface area contributed by atoms with Crippen LogP contribution in [0.25, 0.3) is 0 Å². The van der Waals surface area contributed by atoms with E-state index >= 15 is 0 Å². The fourth-order valence-corrected chi connectivity index (χ4v) is 1.37. The minimum atomic E-state index is -0.612. The first-order valence-electron chi connectivity index (χ1n) is 5.95. The van der Waals surface area contributed by atoms with Crippen LogP contribution in [0.15, 0.2) is 23.2 Å². The summed E-state index contributed by atoms with van der Waals surface area (Å²) in [6, 6.07) is 4.32. The summed E-state index contributed by atoms with van der Waals surface area (Å²) in [6.45, 7) is 5.49. The molecule has 0 aliphatic rings. The number of aromatic hydroxyl groups is 1. The van der Waals surface area contributed by atoms with E-state index in [-0.39, 0.29) is 5.75 Å². The summed E-state index contributed by atoms with van der Waals surface area (Å²) in [4.78, 5) is 4.07. The minimum absolute atomic E-state index is 0.332. The van der Waals surface area contributed by atoms with Gasteiger partial charge in [0.15, 0.2) is 17.5 Å². The Morgan fingerprint density at radius 1 is 1.39 bits per heavy atom. The minimum Gasteiger partial charge on any atom is -0.505 e. The van der Waals surface area contributed by atoms with Crippen molar-refractivity contribution < 1.29 is 9.50 Å². The monoisotopic (exact) mass is 253 g/mol. The number of aliphatic imine (C=N–C) groups is 1. The molecule has 1 rings (SSSR count). The number of halogens is 1. The van der Waals surface area contributed by atoms with Crippen LogP contribution in [0.5, 0.6) is 5.75 Å². The molecule has 0 saturated heterocycles. The van der Waals surface area contributed by atoms with E-state index in [1.165, 1.54) is 12.1 Å². The lowest BCUT2D eigenvalue weighted by Crippen LogP contribution is -2.38. The molecule has 1 aromatic rings. The molecule has 3 N–H and O–H groups in total. The number of benzene rings is 1. The molecule has 0 radical (unpaired) electrons. The Bertz CT molecular complexity index is 419. The summed E-state index contributed by atoms with van der Waals surface area (Å²) < 4.78 is 13.1. The first-order chi connectivity index (χ1) is 8.52. The first kappa shape index (κ1) is 14.3. The van der Waals surface area contributed by atoms with Crippen LogP contribution in [0.3, 0.4) is 0 Å². The molecule has 0 unspecified atom stereocenters. The van der Waals surface area contributed by atoms with Crippen molar-refractivity contribution in [3.05, 3.63) is 29.6 Å². The topological polar surface area (TPSA) is 56.7 Å². The van der Waals surface area contributed by atoms with Gasteiger partial charge in [-0.3, -0.25) is 4.99 Å². The maximum Gasteiger partial charge on any atom is 0.191 e. The van der Waals surface area contributed by atoms with E-state index in [9.17, 15) is 4.39 Å². The van der Waals surface area contributed by atoms with Crippen molar-refractivity contribution in [1.82, 2.24) is 10.6 Å². The van der Waals surface area contributed by atoms with Gasteiger partial charge in [0.05, 0.1) is 0 Å². The molecule has 0 aliphatic carbocycles. The SMILES string of the molecule is CN=C(NCc1ccc(O)c(F)c1)NCC(C)C. The van der Waals surface area contributed by atoms with Crippen molar-refractivity contribution in [3.8, 4) is 5.75 Å². The van der Waals surface area contributed by atoms with Crippen LogP contribution in [-0.4, -0.2) is 24.7 Å². The Kier molecular flexibility index (Phi) is 5.42. The highest BCUT2D eigenvalue weighted by Gasteiger charge is 2.03. The number of nitrogens with zero attached hydrogens (tertiary/aromatic N) is 1. The number of nitrogens with one attached hydrogen (secondary N) is 2. The molecular weight excluding hydrogens is 233 g/mol. The maximum absolute atomic E-state index is 13.1. The number of hydrogen-bond acceptors (Lipinski definition) is 2. The van der Waals surface area contributed by atoms with E-state index in [0.29, 0.717) is 18.4 Å². The molecule has 0 amide bonds. The van der Waals surface area contributed by atoms with Crippen LogP contribution >= 0.6 is 0 Å². The van der Waals surface area contributed by atoms with Gasteiger partial charge in [0.2, 0.25) is 0 Å². The molecule has 18 heavy (non-hydrogen) atoms. The molecule has 1 aromatic carbocycles. The van der Waals surface area contributed by atoms with Crippen molar-refractivity contribution in [2.24, 2.45) is 10.9 Å². The van der Waals surface area contributed by atoms with Gasteiger partial charge in [-0.05, 0) is 23.6 Å². The van der Waals surface area contributed by atoms with Gasteiger partial charge in [0.1, 0.15) is 0 Å². The second-order valence-corrected chi connectivity index (χ2v) is 4.49. The summed E-state index contributed by atoms with van der Waals surface area (Å²) in [5, 5.41) is 15.3. The van der Waals surface area contributed by atoms with Crippen LogP contribution in [0.1, 0.15) is 19.4 Å². The third-order valence-corrected chi connectivity index (χ3v) is 2.37. The molecule has 0 atom stereocenters. The normalized spacial score (nSPS) is 11.7. The average molecular weight is 253 g/mol. The molecule has 0 bridgehead atoms. The van der Waals surface area contributed by atoms with Gasteiger partial charge in [-0.15, -0.1) is 0 Å². The zero-order chi connectivity index (χ0) is 13.5. The Morgan fingerprint density at radius 3 is 2.67 bits per heavy atom. The van der Waals surface area contributed by atoms with Crippen molar-refractivity contribution in [2.75, 3.05) is 13.6 Å². The summed E-state index contributed by atoms with van der Waals surface area (Å²) in [6.07, 6.45) is 0. The number of rotatable bonds is 4. The highest BCUT2D eigenvalue weighted by molar-refractivity contribution is 5.79.